The average molecular weight is 305 g/mol. The van der Waals surface area contributed by atoms with Crippen molar-refractivity contribution in [2.45, 2.75) is 38.3 Å². The molecule has 1 atom stereocenters. The molecule has 0 bridgehead atoms. The summed E-state index contributed by atoms with van der Waals surface area (Å²) in [4.78, 5) is 12.3. The molecule has 21 heavy (non-hydrogen) atoms. The Morgan fingerprint density at radius 3 is 3.05 bits per heavy atom. The molecule has 0 radical (unpaired) electrons. The van der Waals surface area contributed by atoms with E-state index in [1.54, 1.807) is 17.4 Å². The number of aliphatic hydroxyl groups excluding tert-OH is 1. The zero-order valence-electron chi connectivity index (χ0n) is 11.9. The van der Waals surface area contributed by atoms with Crippen molar-refractivity contribution in [3.8, 4) is 11.3 Å². The van der Waals surface area contributed by atoms with Crippen LogP contribution in [0.1, 0.15) is 36.7 Å². The van der Waals surface area contributed by atoms with Crippen LogP contribution in [0.3, 0.4) is 0 Å². The smallest absolute Gasteiger partial charge is 0.269 e. The first-order valence-electron chi connectivity index (χ1n) is 7.24. The average Bonchev–Trinajstić information content (AvgIpc) is 3.10. The van der Waals surface area contributed by atoms with Gasteiger partial charge in [-0.1, -0.05) is 6.92 Å². The summed E-state index contributed by atoms with van der Waals surface area (Å²) in [5, 5.41) is 23.4. The minimum atomic E-state index is -0.196. The molecule has 6 heteroatoms. The fourth-order valence-electron chi connectivity index (χ4n) is 2.75. The molecule has 0 saturated heterocycles. The topological polar surface area (TPSA) is 78.0 Å². The van der Waals surface area contributed by atoms with Gasteiger partial charge in [0, 0.05) is 17.0 Å². The lowest BCUT2D eigenvalue weighted by Gasteiger charge is -2.37. The van der Waals surface area contributed by atoms with Gasteiger partial charge in [-0.2, -0.15) is 16.4 Å². The number of hydrogen-bond donors (Lipinski definition) is 3. The van der Waals surface area contributed by atoms with Gasteiger partial charge in [-0.3, -0.25) is 9.89 Å². The molecule has 1 fully saturated rings. The molecule has 2 heterocycles. The molecular formula is C15H19N3O2S. The number of amides is 1. The number of rotatable bonds is 5. The Labute approximate surface area is 127 Å². The van der Waals surface area contributed by atoms with Crippen molar-refractivity contribution in [1.29, 1.82) is 0 Å². The zero-order valence-corrected chi connectivity index (χ0v) is 12.7. The summed E-state index contributed by atoms with van der Waals surface area (Å²) >= 11 is 1.60. The Morgan fingerprint density at radius 1 is 1.62 bits per heavy atom. The molecule has 2 aromatic rings. The predicted molar refractivity (Wildman–Crippen MR) is 82.2 cm³/mol. The van der Waals surface area contributed by atoms with E-state index in [2.05, 4.69) is 22.4 Å². The maximum Gasteiger partial charge on any atom is 0.269 e. The van der Waals surface area contributed by atoms with E-state index in [0.29, 0.717) is 11.6 Å². The molecule has 0 aromatic carbocycles. The van der Waals surface area contributed by atoms with E-state index < -0.39 is 0 Å². The van der Waals surface area contributed by atoms with Crippen molar-refractivity contribution in [3.05, 3.63) is 28.6 Å². The van der Waals surface area contributed by atoms with Gasteiger partial charge >= 0.3 is 0 Å². The lowest BCUT2D eigenvalue weighted by Crippen LogP contribution is -2.46. The Kier molecular flexibility index (Phi) is 4.07. The minimum Gasteiger partial charge on any atom is -0.393 e. The highest BCUT2D eigenvalue weighted by Gasteiger charge is 2.34. The SMILES string of the molecule is CCC(NC(=O)c1cc(-c2ccsc2)n[nH]1)C1CC(O)C1. The van der Waals surface area contributed by atoms with Crippen LogP contribution in [0.25, 0.3) is 11.3 Å². The van der Waals surface area contributed by atoms with E-state index in [9.17, 15) is 9.90 Å². The summed E-state index contributed by atoms with van der Waals surface area (Å²) in [5.74, 6) is 0.255. The van der Waals surface area contributed by atoms with E-state index >= 15 is 0 Å². The van der Waals surface area contributed by atoms with Gasteiger partial charge in [-0.25, -0.2) is 0 Å². The molecule has 3 N–H and O–H groups in total. The van der Waals surface area contributed by atoms with Crippen LogP contribution in [0, 0.1) is 5.92 Å². The van der Waals surface area contributed by atoms with Gasteiger partial charge in [-0.15, -0.1) is 0 Å². The second kappa shape index (κ2) is 5.99. The Bertz CT molecular complexity index is 602. The lowest BCUT2D eigenvalue weighted by atomic mass is 9.76. The van der Waals surface area contributed by atoms with E-state index in [-0.39, 0.29) is 18.1 Å². The molecular weight excluding hydrogens is 286 g/mol. The van der Waals surface area contributed by atoms with Crippen LogP contribution in [-0.2, 0) is 0 Å². The second-order valence-electron chi connectivity index (χ2n) is 5.55. The molecule has 3 rings (SSSR count). The molecule has 5 nitrogen and oxygen atoms in total. The third-order valence-corrected chi connectivity index (χ3v) is 4.80. The predicted octanol–water partition coefficient (Wildman–Crippen LogP) is 2.42. The quantitative estimate of drug-likeness (QED) is 0.794. The summed E-state index contributed by atoms with van der Waals surface area (Å²) in [5.41, 5.74) is 2.28. The summed E-state index contributed by atoms with van der Waals surface area (Å²) in [7, 11) is 0. The molecule has 1 aliphatic carbocycles. The Balaban J connectivity index is 1.65. The molecule has 0 aliphatic heterocycles. The first kappa shape index (κ1) is 14.3. The van der Waals surface area contributed by atoms with E-state index in [1.165, 1.54) is 0 Å². The monoisotopic (exact) mass is 305 g/mol. The molecule has 2 aromatic heterocycles. The van der Waals surface area contributed by atoms with Crippen LogP contribution < -0.4 is 5.32 Å². The van der Waals surface area contributed by atoms with Crippen LogP contribution in [0.15, 0.2) is 22.9 Å². The summed E-state index contributed by atoms with van der Waals surface area (Å²) in [6.45, 7) is 2.05. The summed E-state index contributed by atoms with van der Waals surface area (Å²) in [6.07, 6.45) is 2.23. The van der Waals surface area contributed by atoms with Gasteiger partial charge in [0.15, 0.2) is 0 Å². The Morgan fingerprint density at radius 2 is 2.43 bits per heavy atom. The number of aromatic amines is 1. The first-order valence-corrected chi connectivity index (χ1v) is 8.18. The van der Waals surface area contributed by atoms with Crippen molar-refractivity contribution in [2.24, 2.45) is 5.92 Å². The Hall–Kier alpha value is -1.66. The highest BCUT2D eigenvalue weighted by Crippen LogP contribution is 2.31. The van der Waals surface area contributed by atoms with Crippen LogP contribution in [0.5, 0.6) is 0 Å². The van der Waals surface area contributed by atoms with Gasteiger partial charge in [-0.05, 0) is 42.7 Å². The van der Waals surface area contributed by atoms with Gasteiger partial charge in [0.2, 0.25) is 0 Å². The number of hydrogen-bond acceptors (Lipinski definition) is 4. The number of carbonyl (C=O) groups excluding carboxylic acids is 1. The molecule has 1 amide bonds. The van der Waals surface area contributed by atoms with Crippen molar-refractivity contribution in [1.82, 2.24) is 15.5 Å². The number of thiophene rings is 1. The molecule has 112 valence electrons. The van der Waals surface area contributed by atoms with Gasteiger partial charge in [0.1, 0.15) is 5.69 Å². The maximum absolute atomic E-state index is 12.3. The molecule has 1 saturated carbocycles. The number of nitrogens with zero attached hydrogens (tertiary/aromatic N) is 1. The highest BCUT2D eigenvalue weighted by atomic mass is 32.1. The van der Waals surface area contributed by atoms with Crippen molar-refractivity contribution in [3.63, 3.8) is 0 Å². The van der Waals surface area contributed by atoms with Crippen LogP contribution in [0.2, 0.25) is 0 Å². The normalized spacial score (nSPS) is 22.6. The van der Waals surface area contributed by atoms with E-state index in [4.69, 9.17) is 0 Å². The number of carbonyl (C=O) groups is 1. The van der Waals surface area contributed by atoms with Crippen LogP contribution in [0.4, 0.5) is 0 Å². The van der Waals surface area contributed by atoms with Crippen LogP contribution >= 0.6 is 11.3 Å². The fraction of sp³-hybridized carbons (Fsp3) is 0.467. The lowest BCUT2D eigenvalue weighted by molar-refractivity contribution is 0.0232. The minimum absolute atomic E-state index is 0.119. The van der Waals surface area contributed by atoms with Crippen LogP contribution in [-0.4, -0.2) is 33.4 Å². The first-order chi connectivity index (χ1) is 10.2. The second-order valence-corrected chi connectivity index (χ2v) is 6.33. The summed E-state index contributed by atoms with van der Waals surface area (Å²) < 4.78 is 0. The molecule has 0 spiro atoms. The number of aliphatic hydroxyl groups is 1. The van der Waals surface area contributed by atoms with Crippen molar-refractivity contribution >= 4 is 17.2 Å². The third kappa shape index (κ3) is 3.01. The largest absolute Gasteiger partial charge is 0.393 e. The van der Waals surface area contributed by atoms with Gasteiger partial charge in [0.05, 0.1) is 11.8 Å². The van der Waals surface area contributed by atoms with E-state index in [0.717, 1.165) is 30.5 Å². The maximum atomic E-state index is 12.3. The fourth-order valence-corrected chi connectivity index (χ4v) is 3.40. The van der Waals surface area contributed by atoms with Crippen molar-refractivity contribution in [2.75, 3.05) is 0 Å². The molecule has 1 aliphatic rings. The number of nitrogens with one attached hydrogen (secondary N) is 2. The van der Waals surface area contributed by atoms with Gasteiger partial charge in [0.25, 0.3) is 5.91 Å². The summed E-state index contributed by atoms with van der Waals surface area (Å²) in [6, 6.07) is 3.88. The molecule has 1 unspecified atom stereocenters. The standard InChI is InChI=1S/C15H19N3O2S/c1-2-12(10-5-11(19)6-10)16-15(20)14-7-13(17-18-14)9-3-4-21-8-9/h3-4,7-8,10-12,19H,2,5-6H2,1H3,(H,16,20)(H,17,18). The number of H-pyrrole nitrogens is 1. The van der Waals surface area contributed by atoms with E-state index in [1.807, 2.05) is 16.8 Å². The zero-order chi connectivity index (χ0) is 14.8. The number of aromatic nitrogens is 2. The van der Waals surface area contributed by atoms with Gasteiger partial charge < -0.3 is 10.4 Å². The highest BCUT2D eigenvalue weighted by molar-refractivity contribution is 7.08. The van der Waals surface area contributed by atoms with Crippen molar-refractivity contribution < 1.29 is 9.90 Å². The third-order valence-electron chi connectivity index (χ3n) is 4.11.